The van der Waals surface area contributed by atoms with Gasteiger partial charge in [0.15, 0.2) is 0 Å². The minimum absolute atomic E-state index is 0.0674. The molecule has 3 aromatic rings. The minimum Gasteiger partial charge on any atom is -0.479 e. The molecule has 3 aliphatic rings. The van der Waals surface area contributed by atoms with Crippen LogP contribution in [0.15, 0.2) is 30.5 Å². The van der Waals surface area contributed by atoms with Crippen LogP contribution in [0.5, 0.6) is 11.8 Å². The number of amides is 1. The molecular weight excluding hydrogens is 510 g/mol. The Balaban J connectivity index is 1.33. The number of nitrogens with two attached hydrogens (primary N) is 1. The number of anilines is 5. The third-order valence-electron chi connectivity index (χ3n) is 7.56. The zero-order chi connectivity index (χ0) is 27.3. The molecule has 39 heavy (non-hydrogen) atoms. The number of nitrogens with one attached hydrogen (secondary N) is 1. The van der Waals surface area contributed by atoms with Gasteiger partial charge in [-0.05, 0) is 48.2 Å². The number of methoxy groups -OCH3 is 2. The molecule has 12 heteroatoms. The summed E-state index contributed by atoms with van der Waals surface area (Å²) in [7, 11) is 2.42. The van der Waals surface area contributed by atoms with Crippen LogP contribution < -0.4 is 30.3 Å². The maximum atomic E-state index is 15.2. The van der Waals surface area contributed by atoms with Crippen molar-refractivity contribution in [3.63, 3.8) is 0 Å². The summed E-state index contributed by atoms with van der Waals surface area (Å²) in [6.07, 6.45) is 2.73. The summed E-state index contributed by atoms with van der Waals surface area (Å²) < 4.78 is 45.9. The van der Waals surface area contributed by atoms with Crippen LogP contribution in [0.3, 0.4) is 0 Å². The molecule has 2 aliphatic heterocycles. The molecule has 1 spiro atoms. The zero-order valence-electron chi connectivity index (χ0n) is 21.6. The highest BCUT2D eigenvalue weighted by atomic mass is 19.1. The summed E-state index contributed by atoms with van der Waals surface area (Å²) in [5.74, 6) is -2.91. The number of ether oxygens (including phenoxy) is 3. The van der Waals surface area contributed by atoms with Gasteiger partial charge in [0.1, 0.15) is 11.5 Å². The fraction of sp³-hybridized carbons (Fsp3) is 0.370. The van der Waals surface area contributed by atoms with Gasteiger partial charge in [-0.2, -0.15) is 13.8 Å². The molecule has 10 nitrogen and oxygen atoms in total. The Morgan fingerprint density at radius 3 is 2.41 bits per heavy atom. The van der Waals surface area contributed by atoms with E-state index in [1.165, 1.54) is 14.2 Å². The van der Waals surface area contributed by atoms with Gasteiger partial charge >= 0.3 is 0 Å². The number of morpholine rings is 1. The van der Waals surface area contributed by atoms with Crippen LogP contribution in [-0.2, 0) is 21.5 Å². The van der Waals surface area contributed by atoms with Gasteiger partial charge in [-0.15, -0.1) is 0 Å². The third-order valence-corrected chi connectivity index (χ3v) is 7.56. The normalized spacial score (nSPS) is 17.7. The molecule has 0 radical (unpaired) electrons. The average molecular weight is 539 g/mol. The number of aromatic nitrogens is 2. The Labute approximate surface area is 223 Å². The first kappa shape index (κ1) is 25.1. The molecule has 1 saturated heterocycles. The van der Waals surface area contributed by atoms with Crippen molar-refractivity contribution < 1.29 is 27.8 Å². The molecule has 0 bridgehead atoms. The van der Waals surface area contributed by atoms with E-state index in [4.69, 9.17) is 19.9 Å². The van der Waals surface area contributed by atoms with E-state index >= 15 is 8.78 Å². The van der Waals surface area contributed by atoms with Gasteiger partial charge in [0.05, 0.1) is 50.8 Å². The molecule has 4 heterocycles. The highest BCUT2D eigenvalue weighted by molar-refractivity contribution is 6.05. The van der Waals surface area contributed by atoms with E-state index in [1.54, 1.807) is 6.20 Å². The summed E-state index contributed by atoms with van der Waals surface area (Å²) >= 11 is 0. The third kappa shape index (κ3) is 4.15. The minimum atomic E-state index is -1.06. The standard InChI is InChI=1S/C27H28F2N6O4/c1-37-24-21(28)23(22(29)25(33-24)38-2)35-14-15-13-31-20(12-17(15)27(5-6-27)26(35)36)32-19-11-16(3-4-18(19)30)34-7-9-39-10-8-34/h3-4,11-13H,5-10,14,30H2,1-2H3,(H,31,32). The second kappa shape index (κ2) is 9.53. The van der Waals surface area contributed by atoms with Crippen molar-refractivity contribution in [2.45, 2.75) is 24.8 Å². The van der Waals surface area contributed by atoms with E-state index in [1.807, 2.05) is 24.3 Å². The van der Waals surface area contributed by atoms with Gasteiger partial charge in [0, 0.05) is 25.0 Å². The second-order valence-corrected chi connectivity index (χ2v) is 9.80. The summed E-state index contributed by atoms with van der Waals surface area (Å²) in [5, 5.41) is 3.29. The lowest BCUT2D eigenvalue weighted by molar-refractivity contribution is -0.121. The molecule has 1 aromatic carbocycles. The number of nitrogen functional groups attached to an aromatic ring is 1. The van der Waals surface area contributed by atoms with Crippen LogP contribution in [0.1, 0.15) is 24.0 Å². The first-order chi connectivity index (χ1) is 18.9. The van der Waals surface area contributed by atoms with E-state index in [-0.39, 0.29) is 6.54 Å². The van der Waals surface area contributed by atoms with E-state index in [9.17, 15) is 4.79 Å². The Bertz CT molecular complexity index is 1430. The molecule has 3 N–H and O–H groups in total. The van der Waals surface area contributed by atoms with Gasteiger partial charge in [0.2, 0.25) is 17.5 Å². The van der Waals surface area contributed by atoms with E-state index in [2.05, 4.69) is 20.2 Å². The Morgan fingerprint density at radius 2 is 1.77 bits per heavy atom. The lowest BCUT2D eigenvalue weighted by Crippen LogP contribution is -2.45. The van der Waals surface area contributed by atoms with Crippen LogP contribution >= 0.6 is 0 Å². The van der Waals surface area contributed by atoms with Crippen molar-refractivity contribution in [1.82, 2.24) is 9.97 Å². The molecular formula is C27H28F2N6O4. The number of nitrogens with zero attached hydrogens (tertiary/aromatic N) is 4. The second-order valence-electron chi connectivity index (χ2n) is 9.80. The smallest absolute Gasteiger partial charge is 0.255 e. The van der Waals surface area contributed by atoms with Crippen LogP contribution in [0.2, 0.25) is 0 Å². The van der Waals surface area contributed by atoms with Crippen LogP contribution in [0.4, 0.5) is 37.3 Å². The molecule has 2 aromatic heterocycles. The average Bonchev–Trinajstić information content (AvgIpc) is 3.75. The largest absolute Gasteiger partial charge is 0.479 e. The van der Waals surface area contributed by atoms with Crippen LogP contribution in [-0.4, -0.2) is 56.4 Å². The van der Waals surface area contributed by atoms with Gasteiger partial charge in [-0.3, -0.25) is 4.79 Å². The van der Waals surface area contributed by atoms with Gasteiger partial charge < -0.3 is 35.1 Å². The fourth-order valence-electron chi connectivity index (χ4n) is 5.33. The number of benzene rings is 1. The lowest BCUT2D eigenvalue weighted by Gasteiger charge is -2.35. The van der Waals surface area contributed by atoms with Gasteiger partial charge in [-0.25, -0.2) is 4.98 Å². The SMILES string of the molecule is COc1nc(OC)c(F)c(N2Cc3cnc(Nc4cc(N5CCOCC5)ccc4N)cc3C3(CC3)C2=O)c1F. The summed E-state index contributed by atoms with van der Waals surface area (Å²) in [6, 6.07) is 7.62. The molecule has 204 valence electrons. The molecule has 0 unspecified atom stereocenters. The van der Waals surface area contributed by atoms with Crippen LogP contribution in [0, 0.1) is 11.6 Å². The van der Waals surface area contributed by atoms with Gasteiger partial charge in [-0.1, -0.05) is 0 Å². The fourth-order valence-corrected chi connectivity index (χ4v) is 5.33. The molecule has 1 amide bonds. The number of pyridine rings is 2. The van der Waals surface area contributed by atoms with Crippen molar-refractivity contribution in [2.75, 3.05) is 61.4 Å². The Hall–Kier alpha value is -4.19. The molecule has 1 saturated carbocycles. The van der Waals surface area contributed by atoms with E-state index < -0.39 is 40.4 Å². The number of hydrogen-bond acceptors (Lipinski definition) is 9. The van der Waals surface area contributed by atoms with E-state index in [0.717, 1.165) is 29.2 Å². The predicted octanol–water partition coefficient (Wildman–Crippen LogP) is 3.51. The Morgan fingerprint density at radius 1 is 1.08 bits per heavy atom. The topological polar surface area (TPSA) is 115 Å². The number of fused-ring (bicyclic) bond motifs is 2. The van der Waals surface area contributed by atoms with Gasteiger partial charge in [0.25, 0.3) is 11.8 Å². The number of halogens is 2. The summed E-state index contributed by atoms with van der Waals surface area (Å²) in [5.41, 5.74) is 8.58. The maximum absolute atomic E-state index is 15.2. The number of rotatable bonds is 6. The van der Waals surface area contributed by atoms with E-state index in [0.29, 0.717) is 48.8 Å². The monoisotopic (exact) mass is 538 g/mol. The molecule has 2 fully saturated rings. The Kier molecular flexibility index (Phi) is 6.13. The number of carbonyl (C=O) groups is 1. The first-order valence-corrected chi connectivity index (χ1v) is 12.6. The number of hydrogen-bond donors (Lipinski definition) is 2. The molecule has 0 atom stereocenters. The van der Waals surface area contributed by atoms with Crippen molar-refractivity contribution >= 4 is 34.5 Å². The van der Waals surface area contributed by atoms with Crippen molar-refractivity contribution in [3.8, 4) is 11.8 Å². The highest BCUT2D eigenvalue weighted by Gasteiger charge is 2.57. The number of carbonyl (C=O) groups excluding carboxylic acids is 1. The summed E-state index contributed by atoms with van der Waals surface area (Å²) in [4.78, 5) is 25.3. The molecule has 6 rings (SSSR count). The predicted molar refractivity (Wildman–Crippen MR) is 141 cm³/mol. The molecule has 1 aliphatic carbocycles. The van der Waals surface area contributed by atoms with Crippen LogP contribution in [0.25, 0.3) is 0 Å². The van der Waals surface area contributed by atoms with Crippen molar-refractivity contribution in [3.05, 3.63) is 53.2 Å². The van der Waals surface area contributed by atoms with Crippen molar-refractivity contribution in [1.29, 1.82) is 0 Å². The van der Waals surface area contributed by atoms with Crippen molar-refractivity contribution in [2.24, 2.45) is 0 Å². The summed E-state index contributed by atoms with van der Waals surface area (Å²) in [6.45, 7) is 2.84. The highest BCUT2D eigenvalue weighted by Crippen LogP contribution is 2.55. The lowest BCUT2D eigenvalue weighted by atomic mass is 9.86. The quantitative estimate of drug-likeness (QED) is 0.455. The first-order valence-electron chi connectivity index (χ1n) is 12.6. The zero-order valence-corrected chi connectivity index (χ0v) is 21.6. The maximum Gasteiger partial charge on any atom is 0.255 e.